The smallest absolute Gasteiger partial charge is 0.160 e. The van der Waals surface area contributed by atoms with Crippen LogP contribution in [0.4, 0.5) is 0 Å². The van der Waals surface area contributed by atoms with E-state index in [2.05, 4.69) is 5.32 Å². The van der Waals surface area contributed by atoms with Crippen molar-refractivity contribution in [3.05, 3.63) is 23.7 Å². The maximum atomic E-state index is 11.9. The van der Waals surface area contributed by atoms with E-state index >= 15 is 0 Å². The predicted octanol–water partition coefficient (Wildman–Crippen LogP) is 2.24. The van der Waals surface area contributed by atoms with E-state index in [4.69, 9.17) is 4.42 Å². The molecule has 0 amide bonds. The monoisotopic (exact) mass is 271 g/mol. The second-order valence-corrected chi connectivity index (χ2v) is 7.47. The number of rotatable bonds is 7. The molecule has 0 bridgehead atoms. The van der Waals surface area contributed by atoms with Gasteiger partial charge in [-0.25, -0.2) is 8.42 Å². The Kier molecular flexibility index (Phi) is 4.12. The largest absolute Gasteiger partial charge is 0.464 e. The molecule has 1 heterocycles. The van der Waals surface area contributed by atoms with Crippen LogP contribution in [0.15, 0.2) is 16.5 Å². The summed E-state index contributed by atoms with van der Waals surface area (Å²) < 4.78 is 29.4. The fraction of sp³-hybridized carbons (Fsp3) is 0.692. The van der Waals surface area contributed by atoms with Crippen LogP contribution in [-0.2, 0) is 22.1 Å². The molecule has 0 aromatic carbocycles. The molecule has 2 rings (SSSR count). The molecule has 1 aliphatic carbocycles. The highest BCUT2D eigenvalue weighted by Gasteiger charge is 2.22. The van der Waals surface area contributed by atoms with Crippen molar-refractivity contribution >= 4 is 9.84 Å². The Morgan fingerprint density at radius 1 is 1.39 bits per heavy atom. The van der Waals surface area contributed by atoms with Gasteiger partial charge < -0.3 is 9.73 Å². The fourth-order valence-electron chi connectivity index (χ4n) is 1.72. The fourth-order valence-corrected chi connectivity index (χ4v) is 3.07. The van der Waals surface area contributed by atoms with Crippen molar-refractivity contribution in [1.82, 2.24) is 5.32 Å². The van der Waals surface area contributed by atoms with Crippen molar-refractivity contribution in [3.8, 4) is 0 Å². The SMILES string of the molecule is CCC(C)S(=O)(=O)Cc1ccc(CNC2CC2)o1. The van der Waals surface area contributed by atoms with Gasteiger partial charge in [-0.05, 0) is 38.3 Å². The lowest BCUT2D eigenvalue weighted by Gasteiger charge is -2.08. The Balaban J connectivity index is 1.92. The summed E-state index contributed by atoms with van der Waals surface area (Å²) in [7, 11) is -3.08. The van der Waals surface area contributed by atoms with Gasteiger partial charge in [-0.1, -0.05) is 6.92 Å². The molecule has 0 aliphatic heterocycles. The zero-order valence-corrected chi connectivity index (χ0v) is 11.8. The van der Waals surface area contributed by atoms with Crippen molar-refractivity contribution in [2.24, 2.45) is 0 Å². The Hall–Kier alpha value is -0.810. The Labute approximate surface area is 109 Å². The van der Waals surface area contributed by atoms with E-state index in [-0.39, 0.29) is 11.0 Å². The summed E-state index contributed by atoms with van der Waals surface area (Å²) in [6.45, 7) is 4.32. The Morgan fingerprint density at radius 3 is 2.67 bits per heavy atom. The molecule has 1 fully saturated rings. The van der Waals surface area contributed by atoms with Crippen LogP contribution < -0.4 is 5.32 Å². The van der Waals surface area contributed by atoms with Gasteiger partial charge in [0.05, 0.1) is 11.8 Å². The minimum Gasteiger partial charge on any atom is -0.464 e. The third kappa shape index (κ3) is 3.59. The zero-order valence-electron chi connectivity index (χ0n) is 11.0. The van der Waals surface area contributed by atoms with Crippen molar-refractivity contribution in [3.63, 3.8) is 0 Å². The molecule has 0 spiro atoms. The molecule has 18 heavy (non-hydrogen) atoms. The van der Waals surface area contributed by atoms with E-state index in [1.54, 1.807) is 13.0 Å². The van der Waals surface area contributed by atoms with Crippen LogP contribution in [0.25, 0.3) is 0 Å². The van der Waals surface area contributed by atoms with Crippen LogP contribution in [-0.4, -0.2) is 19.7 Å². The number of hydrogen-bond donors (Lipinski definition) is 1. The molecule has 1 aliphatic rings. The van der Waals surface area contributed by atoms with Crippen LogP contribution in [0.2, 0.25) is 0 Å². The molecule has 0 saturated heterocycles. The molecule has 1 aromatic rings. The summed E-state index contributed by atoms with van der Waals surface area (Å²) in [5.74, 6) is 1.37. The second-order valence-electron chi connectivity index (χ2n) is 5.05. The van der Waals surface area contributed by atoms with Gasteiger partial charge in [-0.15, -0.1) is 0 Å². The molecule has 1 aromatic heterocycles. The molecule has 5 heteroatoms. The van der Waals surface area contributed by atoms with Crippen LogP contribution in [0, 0.1) is 0 Å². The highest BCUT2D eigenvalue weighted by molar-refractivity contribution is 7.91. The van der Waals surface area contributed by atoms with Crippen molar-refractivity contribution in [1.29, 1.82) is 0 Å². The van der Waals surface area contributed by atoms with E-state index in [1.165, 1.54) is 12.8 Å². The molecule has 1 unspecified atom stereocenters. The first-order chi connectivity index (χ1) is 8.51. The van der Waals surface area contributed by atoms with Crippen LogP contribution >= 0.6 is 0 Å². The number of nitrogens with one attached hydrogen (secondary N) is 1. The summed E-state index contributed by atoms with van der Waals surface area (Å²) in [5, 5.41) is 3.03. The topological polar surface area (TPSA) is 59.3 Å². The predicted molar refractivity (Wildman–Crippen MR) is 70.9 cm³/mol. The molecule has 0 radical (unpaired) electrons. The highest BCUT2D eigenvalue weighted by Crippen LogP contribution is 2.20. The van der Waals surface area contributed by atoms with Gasteiger partial charge >= 0.3 is 0 Å². The summed E-state index contributed by atoms with van der Waals surface area (Å²) in [4.78, 5) is 0. The van der Waals surface area contributed by atoms with Crippen LogP contribution in [0.3, 0.4) is 0 Å². The summed E-state index contributed by atoms with van der Waals surface area (Å²) in [6, 6.07) is 4.25. The van der Waals surface area contributed by atoms with E-state index in [9.17, 15) is 8.42 Å². The highest BCUT2D eigenvalue weighted by atomic mass is 32.2. The number of furan rings is 1. The second kappa shape index (κ2) is 5.45. The molecule has 4 nitrogen and oxygen atoms in total. The minimum atomic E-state index is -3.08. The lowest BCUT2D eigenvalue weighted by atomic mass is 10.4. The van der Waals surface area contributed by atoms with Gasteiger partial charge in [0.25, 0.3) is 0 Å². The summed E-state index contributed by atoms with van der Waals surface area (Å²) >= 11 is 0. The van der Waals surface area contributed by atoms with Gasteiger partial charge in [-0.3, -0.25) is 0 Å². The van der Waals surface area contributed by atoms with Gasteiger partial charge in [0.15, 0.2) is 9.84 Å². The normalized spacial score (nSPS) is 17.9. The zero-order chi connectivity index (χ0) is 13.2. The van der Waals surface area contributed by atoms with Crippen LogP contribution in [0.1, 0.15) is 44.6 Å². The van der Waals surface area contributed by atoms with Crippen molar-refractivity contribution in [2.75, 3.05) is 0 Å². The van der Waals surface area contributed by atoms with Gasteiger partial charge in [-0.2, -0.15) is 0 Å². The molecule has 102 valence electrons. The third-order valence-corrected chi connectivity index (χ3v) is 5.64. The first-order valence-electron chi connectivity index (χ1n) is 6.54. The standard InChI is InChI=1S/C13H21NO3S/c1-3-10(2)18(15,16)9-13-7-6-12(17-13)8-14-11-4-5-11/h6-7,10-11,14H,3-5,8-9H2,1-2H3. The quantitative estimate of drug-likeness (QED) is 0.826. The Morgan fingerprint density at radius 2 is 2.06 bits per heavy atom. The Bertz CT molecular complexity index is 488. The van der Waals surface area contributed by atoms with E-state index in [0.29, 0.717) is 24.8 Å². The molecule has 1 saturated carbocycles. The first-order valence-corrected chi connectivity index (χ1v) is 8.25. The lowest BCUT2D eigenvalue weighted by molar-refractivity contribution is 0.454. The summed E-state index contributed by atoms with van der Waals surface area (Å²) in [5.41, 5.74) is 0. The average Bonchev–Trinajstić information content (AvgIpc) is 3.06. The number of sulfone groups is 1. The van der Waals surface area contributed by atoms with Gasteiger partial charge in [0, 0.05) is 6.04 Å². The molecule has 1 atom stereocenters. The van der Waals surface area contributed by atoms with Gasteiger partial charge in [0.1, 0.15) is 17.3 Å². The average molecular weight is 271 g/mol. The minimum absolute atomic E-state index is 0.00539. The van der Waals surface area contributed by atoms with Crippen molar-refractivity contribution in [2.45, 2.75) is 56.7 Å². The maximum Gasteiger partial charge on any atom is 0.160 e. The lowest BCUT2D eigenvalue weighted by Crippen LogP contribution is -2.18. The maximum absolute atomic E-state index is 11.9. The third-order valence-electron chi connectivity index (χ3n) is 3.39. The van der Waals surface area contributed by atoms with E-state index in [0.717, 1.165) is 5.76 Å². The molecular weight excluding hydrogens is 250 g/mol. The van der Waals surface area contributed by atoms with E-state index < -0.39 is 9.84 Å². The number of hydrogen-bond acceptors (Lipinski definition) is 4. The summed E-state index contributed by atoms with van der Waals surface area (Å²) in [6.07, 6.45) is 3.10. The van der Waals surface area contributed by atoms with E-state index in [1.807, 2.05) is 13.0 Å². The molecule has 1 N–H and O–H groups in total. The first kappa shape index (κ1) is 13.6. The van der Waals surface area contributed by atoms with Gasteiger partial charge in [0.2, 0.25) is 0 Å². The van der Waals surface area contributed by atoms with Crippen LogP contribution in [0.5, 0.6) is 0 Å². The van der Waals surface area contributed by atoms with Crippen molar-refractivity contribution < 1.29 is 12.8 Å². The molecular formula is C13H21NO3S.